The maximum Gasteiger partial charge on any atom is 0.346 e. The fourth-order valence-electron chi connectivity index (χ4n) is 2.82. The second kappa shape index (κ2) is 8.65. The molecule has 7 nitrogen and oxygen atoms in total. The number of carbonyl (C=O) groups excluding carboxylic acids is 2. The van der Waals surface area contributed by atoms with Crippen molar-refractivity contribution in [2.24, 2.45) is 5.10 Å². The van der Waals surface area contributed by atoms with Crippen molar-refractivity contribution in [3.8, 4) is 11.5 Å². The smallest absolute Gasteiger partial charge is 0.346 e. The molecule has 2 aromatic rings. The zero-order valence-electron chi connectivity index (χ0n) is 16.4. The maximum absolute atomic E-state index is 12.4. The van der Waals surface area contributed by atoms with Gasteiger partial charge in [0.05, 0.1) is 17.8 Å². The Bertz CT molecular complexity index is 948. The van der Waals surface area contributed by atoms with E-state index in [1.54, 1.807) is 26.2 Å². The van der Waals surface area contributed by atoms with Gasteiger partial charge in [-0.25, -0.2) is 4.79 Å². The minimum atomic E-state index is -0.929. The molecular weight excluding hydrogens is 438 g/mol. The third kappa shape index (κ3) is 4.42. The lowest BCUT2D eigenvalue weighted by atomic mass is 10.00. The third-order valence-electron chi connectivity index (χ3n) is 4.75. The standard InChI is InChI=1S/C21H22BrN3O4/c1-4-21(2)19(26)25(20(27)24-21)23-12-15-10-16(22)18(17(11-15)28-3)29-13-14-8-6-5-7-9-14/h5-12H,4,13H2,1-3H3,(H,24,27)/b23-12+. The van der Waals surface area contributed by atoms with Crippen LogP contribution in [0.3, 0.4) is 0 Å². The molecular formula is C21H22BrN3O4. The van der Waals surface area contributed by atoms with E-state index in [0.29, 0.717) is 34.6 Å². The molecule has 3 rings (SSSR count). The molecule has 152 valence electrons. The quantitative estimate of drug-likeness (QED) is 0.499. The summed E-state index contributed by atoms with van der Waals surface area (Å²) in [4.78, 5) is 24.5. The van der Waals surface area contributed by atoms with Crippen LogP contribution in [0.25, 0.3) is 0 Å². The average molecular weight is 460 g/mol. The largest absolute Gasteiger partial charge is 0.493 e. The lowest BCUT2D eigenvalue weighted by Crippen LogP contribution is -2.42. The number of urea groups is 1. The molecule has 1 saturated heterocycles. The van der Waals surface area contributed by atoms with Crippen LogP contribution in [0.4, 0.5) is 4.79 Å². The van der Waals surface area contributed by atoms with Gasteiger partial charge in [-0.15, -0.1) is 5.01 Å². The zero-order chi connectivity index (χ0) is 21.0. The average Bonchev–Trinajstić information content (AvgIpc) is 2.94. The molecule has 0 aliphatic carbocycles. The van der Waals surface area contributed by atoms with Crippen LogP contribution in [-0.4, -0.2) is 35.8 Å². The topological polar surface area (TPSA) is 80.2 Å². The van der Waals surface area contributed by atoms with Gasteiger partial charge in [-0.3, -0.25) is 4.79 Å². The third-order valence-corrected chi connectivity index (χ3v) is 5.34. The van der Waals surface area contributed by atoms with Crippen LogP contribution in [0.1, 0.15) is 31.4 Å². The fraction of sp³-hybridized carbons (Fsp3) is 0.286. The van der Waals surface area contributed by atoms with Gasteiger partial charge in [-0.1, -0.05) is 37.3 Å². The first-order valence-electron chi connectivity index (χ1n) is 9.13. The number of benzene rings is 2. The summed E-state index contributed by atoms with van der Waals surface area (Å²) in [6.45, 7) is 3.91. The molecule has 1 aliphatic heterocycles. The second-order valence-electron chi connectivity index (χ2n) is 6.79. The molecule has 1 fully saturated rings. The molecule has 1 atom stereocenters. The Labute approximate surface area is 177 Å². The van der Waals surface area contributed by atoms with Crippen LogP contribution in [0.2, 0.25) is 0 Å². The summed E-state index contributed by atoms with van der Waals surface area (Å²) >= 11 is 3.49. The highest BCUT2D eigenvalue weighted by molar-refractivity contribution is 9.10. The number of hydrogen-bond acceptors (Lipinski definition) is 5. The predicted molar refractivity (Wildman–Crippen MR) is 113 cm³/mol. The van der Waals surface area contributed by atoms with Crippen molar-refractivity contribution in [2.45, 2.75) is 32.4 Å². The van der Waals surface area contributed by atoms with Crippen molar-refractivity contribution in [3.63, 3.8) is 0 Å². The number of rotatable bonds is 7. The first-order valence-corrected chi connectivity index (χ1v) is 9.92. The van der Waals surface area contributed by atoms with Crippen molar-refractivity contribution >= 4 is 34.1 Å². The van der Waals surface area contributed by atoms with E-state index in [-0.39, 0.29) is 5.91 Å². The summed E-state index contributed by atoms with van der Waals surface area (Å²) < 4.78 is 12.0. The van der Waals surface area contributed by atoms with Crippen molar-refractivity contribution < 1.29 is 19.1 Å². The number of nitrogens with one attached hydrogen (secondary N) is 1. The van der Waals surface area contributed by atoms with Gasteiger partial charge in [0.1, 0.15) is 12.1 Å². The van der Waals surface area contributed by atoms with E-state index in [4.69, 9.17) is 9.47 Å². The van der Waals surface area contributed by atoms with Crippen LogP contribution >= 0.6 is 15.9 Å². The molecule has 29 heavy (non-hydrogen) atoms. The number of amides is 3. The Kier molecular flexibility index (Phi) is 6.22. The molecule has 1 aliphatic rings. The van der Waals surface area contributed by atoms with Crippen LogP contribution in [0.5, 0.6) is 11.5 Å². The Morgan fingerprint density at radius 2 is 1.97 bits per heavy atom. The van der Waals surface area contributed by atoms with Gasteiger partial charge in [-0.05, 0) is 52.5 Å². The number of methoxy groups -OCH3 is 1. The van der Waals surface area contributed by atoms with E-state index < -0.39 is 11.6 Å². The van der Waals surface area contributed by atoms with Gasteiger partial charge in [0.25, 0.3) is 5.91 Å². The lowest BCUT2D eigenvalue weighted by Gasteiger charge is -2.17. The first-order chi connectivity index (χ1) is 13.9. The molecule has 0 aromatic heterocycles. The molecule has 3 amide bonds. The van der Waals surface area contributed by atoms with Crippen LogP contribution in [0, 0.1) is 0 Å². The Morgan fingerprint density at radius 1 is 1.24 bits per heavy atom. The predicted octanol–water partition coefficient (Wildman–Crippen LogP) is 4.09. The van der Waals surface area contributed by atoms with Gasteiger partial charge in [-0.2, -0.15) is 5.10 Å². The van der Waals surface area contributed by atoms with Crippen LogP contribution in [-0.2, 0) is 11.4 Å². The molecule has 1 heterocycles. The summed E-state index contributed by atoms with van der Waals surface area (Å²) in [7, 11) is 1.54. The van der Waals surface area contributed by atoms with E-state index in [9.17, 15) is 9.59 Å². The number of carbonyl (C=O) groups is 2. The molecule has 0 bridgehead atoms. The SMILES string of the molecule is CCC1(C)NC(=O)N(/N=C/c2cc(Br)c(OCc3ccccc3)c(OC)c2)C1=O. The molecule has 0 spiro atoms. The van der Waals surface area contributed by atoms with E-state index in [0.717, 1.165) is 10.6 Å². The monoisotopic (exact) mass is 459 g/mol. The summed E-state index contributed by atoms with van der Waals surface area (Å²) in [5.74, 6) is 0.685. The minimum Gasteiger partial charge on any atom is -0.493 e. The fourth-order valence-corrected chi connectivity index (χ4v) is 3.40. The van der Waals surface area contributed by atoms with Gasteiger partial charge in [0.2, 0.25) is 0 Å². The molecule has 0 radical (unpaired) electrons. The second-order valence-corrected chi connectivity index (χ2v) is 7.64. The molecule has 8 heteroatoms. The lowest BCUT2D eigenvalue weighted by molar-refractivity contribution is -0.130. The van der Waals surface area contributed by atoms with Gasteiger partial charge >= 0.3 is 6.03 Å². The van der Waals surface area contributed by atoms with Gasteiger partial charge in [0, 0.05) is 0 Å². The number of halogens is 1. The van der Waals surface area contributed by atoms with Crippen molar-refractivity contribution in [2.75, 3.05) is 7.11 Å². The number of nitrogens with zero attached hydrogens (tertiary/aromatic N) is 2. The maximum atomic E-state index is 12.4. The van der Waals surface area contributed by atoms with Crippen LogP contribution in [0.15, 0.2) is 52.0 Å². The van der Waals surface area contributed by atoms with Crippen molar-refractivity contribution in [1.82, 2.24) is 10.3 Å². The molecule has 0 saturated carbocycles. The number of ether oxygens (including phenoxy) is 2. The molecule has 1 unspecified atom stereocenters. The number of hydrazone groups is 1. The zero-order valence-corrected chi connectivity index (χ0v) is 18.0. The number of hydrogen-bond donors (Lipinski definition) is 1. The summed E-state index contributed by atoms with van der Waals surface area (Å²) in [6, 6.07) is 12.8. The summed E-state index contributed by atoms with van der Waals surface area (Å²) in [5.41, 5.74) is 0.748. The summed E-state index contributed by atoms with van der Waals surface area (Å²) in [5, 5.41) is 7.58. The molecule has 2 aromatic carbocycles. The van der Waals surface area contributed by atoms with E-state index in [2.05, 4.69) is 26.3 Å². The van der Waals surface area contributed by atoms with Gasteiger partial charge < -0.3 is 14.8 Å². The summed E-state index contributed by atoms with van der Waals surface area (Å²) in [6.07, 6.45) is 1.92. The number of imide groups is 1. The first kappa shape index (κ1) is 20.9. The highest BCUT2D eigenvalue weighted by Gasteiger charge is 2.46. The minimum absolute atomic E-state index is 0.380. The normalized spacial score (nSPS) is 19.0. The van der Waals surface area contributed by atoms with Gasteiger partial charge in [0.15, 0.2) is 11.5 Å². The van der Waals surface area contributed by atoms with E-state index in [1.165, 1.54) is 6.21 Å². The Morgan fingerprint density at radius 3 is 2.59 bits per heavy atom. The Hall–Kier alpha value is -2.87. The Balaban J connectivity index is 1.79. The highest BCUT2D eigenvalue weighted by atomic mass is 79.9. The van der Waals surface area contributed by atoms with Crippen LogP contribution < -0.4 is 14.8 Å². The van der Waals surface area contributed by atoms with Crippen molar-refractivity contribution in [1.29, 1.82) is 0 Å². The molecule has 1 N–H and O–H groups in total. The highest BCUT2D eigenvalue weighted by Crippen LogP contribution is 2.37. The van der Waals surface area contributed by atoms with E-state index >= 15 is 0 Å². The van der Waals surface area contributed by atoms with Crippen molar-refractivity contribution in [3.05, 3.63) is 58.1 Å². The van der Waals surface area contributed by atoms with E-state index in [1.807, 2.05) is 37.3 Å².